The van der Waals surface area contributed by atoms with E-state index < -0.39 is 42.9 Å². The van der Waals surface area contributed by atoms with Crippen LogP contribution in [0.4, 0.5) is 13.2 Å². The fourth-order valence-corrected chi connectivity index (χ4v) is 1.92. The summed E-state index contributed by atoms with van der Waals surface area (Å²) in [5.41, 5.74) is 0. The first-order valence-electron chi connectivity index (χ1n) is 5.37. The van der Waals surface area contributed by atoms with Crippen molar-refractivity contribution in [2.45, 2.75) is 31.9 Å². The number of nitrogens with one attached hydrogen (secondary N) is 1. The van der Waals surface area contributed by atoms with Gasteiger partial charge in [-0.2, -0.15) is 13.2 Å². The summed E-state index contributed by atoms with van der Waals surface area (Å²) in [6, 6.07) is 0. The Bertz CT molecular complexity index is 304. The van der Waals surface area contributed by atoms with Gasteiger partial charge in [-0.05, 0) is 19.3 Å². The molecule has 17 heavy (non-hydrogen) atoms. The number of alkyl halides is 3. The van der Waals surface area contributed by atoms with Gasteiger partial charge in [-0.3, -0.25) is 9.59 Å². The van der Waals surface area contributed by atoms with Gasteiger partial charge in [-0.1, -0.05) is 0 Å². The van der Waals surface area contributed by atoms with Crippen LogP contribution in [0.5, 0.6) is 0 Å². The van der Waals surface area contributed by atoms with Crippen molar-refractivity contribution in [2.24, 2.45) is 11.8 Å². The second-order valence-electron chi connectivity index (χ2n) is 4.20. The van der Waals surface area contributed by atoms with E-state index in [1.165, 1.54) is 0 Å². The van der Waals surface area contributed by atoms with Crippen LogP contribution in [0, 0.1) is 11.8 Å². The lowest BCUT2D eigenvalue weighted by Gasteiger charge is -2.11. The third kappa shape index (κ3) is 4.62. The molecule has 0 heterocycles. The second kappa shape index (κ2) is 5.37. The minimum atomic E-state index is -4.29. The predicted molar refractivity (Wildman–Crippen MR) is 52.1 cm³/mol. The van der Waals surface area contributed by atoms with Crippen molar-refractivity contribution >= 4 is 11.9 Å². The lowest BCUT2D eigenvalue weighted by Crippen LogP contribution is -2.32. The molecule has 2 atom stereocenters. The van der Waals surface area contributed by atoms with E-state index in [-0.39, 0.29) is 6.42 Å². The Hall–Kier alpha value is -1.27. The third-order valence-electron chi connectivity index (χ3n) is 2.86. The molecular formula is C10H14F3NO3. The second-order valence-corrected chi connectivity index (χ2v) is 4.20. The van der Waals surface area contributed by atoms with Crippen LogP contribution in [0.3, 0.4) is 0 Å². The number of carboxylic acids is 1. The number of aliphatic carboxylic acids is 1. The lowest BCUT2D eigenvalue weighted by atomic mass is 10.0. The highest BCUT2D eigenvalue weighted by atomic mass is 19.4. The van der Waals surface area contributed by atoms with Crippen LogP contribution in [0.2, 0.25) is 0 Å². The summed E-state index contributed by atoms with van der Waals surface area (Å²) in [5, 5.41) is 10.9. The van der Waals surface area contributed by atoms with Crippen LogP contribution < -0.4 is 5.32 Å². The van der Waals surface area contributed by atoms with Gasteiger partial charge in [0.15, 0.2) is 0 Å². The summed E-state index contributed by atoms with van der Waals surface area (Å²) < 4.78 is 35.5. The maximum absolute atomic E-state index is 11.8. The number of hydrogen-bond acceptors (Lipinski definition) is 2. The number of carbonyl (C=O) groups is 2. The van der Waals surface area contributed by atoms with Crippen LogP contribution in [-0.2, 0) is 9.59 Å². The zero-order valence-corrected chi connectivity index (χ0v) is 9.09. The Kier molecular flexibility index (Phi) is 4.36. The summed E-state index contributed by atoms with van der Waals surface area (Å²) in [4.78, 5) is 22.1. The number of carbonyl (C=O) groups excluding carboxylic acids is 1. The minimum Gasteiger partial charge on any atom is -0.481 e. The highest BCUT2D eigenvalue weighted by Gasteiger charge is 2.34. The summed E-state index contributed by atoms with van der Waals surface area (Å²) in [7, 11) is 0. The fraction of sp³-hybridized carbons (Fsp3) is 0.800. The number of amides is 1. The smallest absolute Gasteiger partial charge is 0.390 e. The SMILES string of the molecule is O=C(O)[C@H]1CC[C@@H](C(=O)NCCC(F)(F)F)C1. The van der Waals surface area contributed by atoms with Crippen LogP contribution in [0.1, 0.15) is 25.7 Å². The first kappa shape index (κ1) is 13.8. The van der Waals surface area contributed by atoms with Gasteiger partial charge in [0.2, 0.25) is 5.91 Å². The zero-order valence-electron chi connectivity index (χ0n) is 9.09. The maximum atomic E-state index is 11.8. The Morgan fingerprint density at radius 3 is 2.29 bits per heavy atom. The molecule has 1 aliphatic rings. The molecule has 0 spiro atoms. The minimum absolute atomic E-state index is 0.215. The molecule has 0 unspecified atom stereocenters. The van der Waals surface area contributed by atoms with E-state index in [1.54, 1.807) is 0 Å². The van der Waals surface area contributed by atoms with Gasteiger partial charge in [-0.25, -0.2) is 0 Å². The highest BCUT2D eigenvalue weighted by Crippen LogP contribution is 2.31. The molecule has 1 aliphatic carbocycles. The van der Waals surface area contributed by atoms with E-state index in [1.807, 2.05) is 0 Å². The Balaban J connectivity index is 2.28. The predicted octanol–water partition coefficient (Wildman–Crippen LogP) is 1.56. The number of rotatable bonds is 4. The Morgan fingerprint density at radius 1 is 1.24 bits per heavy atom. The fourth-order valence-electron chi connectivity index (χ4n) is 1.92. The molecule has 0 radical (unpaired) electrons. The van der Waals surface area contributed by atoms with Crippen LogP contribution >= 0.6 is 0 Å². The van der Waals surface area contributed by atoms with Crippen molar-refractivity contribution in [3.8, 4) is 0 Å². The topological polar surface area (TPSA) is 66.4 Å². The van der Waals surface area contributed by atoms with Crippen molar-refractivity contribution in [1.82, 2.24) is 5.32 Å². The first-order chi connectivity index (χ1) is 7.79. The zero-order chi connectivity index (χ0) is 13.1. The molecule has 0 aromatic rings. The van der Waals surface area contributed by atoms with Crippen LogP contribution in [0.25, 0.3) is 0 Å². The van der Waals surface area contributed by atoms with E-state index in [0.29, 0.717) is 12.8 Å². The molecule has 0 aromatic heterocycles. The largest absolute Gasteiger partial charge is 0.481 e. The normalized spacial score (nSPS) is 24.6. The monoisotopic (exact) mass is 253 g/mol. The summed E-state index contributed by atoms with van der Waals surface area (Å²) >= 11 is 0. The van der Waals surface area contributed by atoms with Crippen molar-refractivity contribution in [1.29, 1.82) is 0 Å². The average molecular weight is 253 g/mol. The highest BCUT2D eigenvalue weighted by molar-refractivity contribution is 5.80. The first-order valence-corrected chi connectivity index (χ1v) is 5.37. The van der Waals surface area contributed by atoms with E-state index >= 15 is 0 Å². The maximum Gasteiger partial charge on any atom is 0.390 e. The molecule has 1 saturated carbocycles. The number of halogens is 3. The number of carboxylic acid groups (broad SMARTS) is 1. The molecule has 4 nitrogen and oxygen atoms in total. The van der Waals surface area contributed by atoms with E-state index in [0.717, 1.165) is 0 Å². The summed E-state index contributed by atoms with van der Waals surface area (Å²) in [5.74, 6) is -2.44. The quantitative estimate of drug-likeness (QED) is 0.799. The molecule has 1 rings (SSSR count). The molecule has 0 bridgehead atoms. The van der Waals surface area contributed by atoms with Crippen molar-refractivity contribution < 1.29 is 27.9 Å². The van der Waals surface area contributed by atoms with Gasteiger partial charge in [0.05, 0.1) is 12.3 Å². The standard InChI is InChI=1S/C10H14F3NO3/c11-10(12,13)3-4-14-8(15)6-1-2-7(5-6)9(16)17/h6-7H,1-5H2,(H,14,15)(H,16,17)/t6-,7+/m1/s1. The summed E-state index contributed by atoms with van der Waals surface area (Å²) in [6.45, 7) is -0.448. The average Bonchev–Trinajstić information content (AvgIpc) is 2.63. The molecule has 98 valence electrons. The van der Waals surface area contributed by atoms with E-state index in [9.17, 15) is 22.8 Å². The van der Waals surface area contributed by atoms with Gasteiger partial charge in [0.1, 0.15) is 0 Å². The van der Waals surface area contributed by atoms with Crippen molar-refractivity contribution in [2.75, 3.05) is 6.54 Å². The van der Waals surface area contributed by atoms with Gasteiger partial charge in [0, 0.05) is 12.5 Å². The molecule has 1 fully saturated rings. The van der Waals surface area contributed by atoms with Gasteiger partial charge in [0.25, 0.3) is 0 Å². The molecule has 1 amide bonds. The molecule has 2 N–H and O–H groups in total. The van der Waals surface area contributed by atoms with Gasteiger partial charge < -0.3 is 10.4 Å². The van der Waals surface area contributed by atoms with E-state index in [4.69, 9.17) is 5.11 Å². The van der Waals surface area contributed by atoms with Crippen LogP contribution in [-0.4, -0.2) is 29.7 Å². The Labute approximate surface area is 96.2 Å². The molecule has 0 aliphatic heterocycles. The lowest BCUT2D eigenvalue weighted by molar-refractivity contribution is -0.141. The van der Waals surface area contributed by atoms with Gasteiger partial charge in [-0.15, -0.1) is 0 Å². The van der Waals surface area contributed by atoms with Crippen molar-refractivity contribution in [3.63, 3.8) is 0 Å². The van der Waals surface area contributed by atoms with Crippen molar-refractivity contribution in [3.05, 3.63) is 0 Å². The Morgan fingerprint density at radius 2 is 1.82 bits per heavy atom. The number of hydrogen-bond donors (Lipinski definition) is 2. The van der Waals surface area contributed by atoms with E-state index in [2.05, 4.69) is 5.32 Å². The summed E-state index contributed by atoms with van der Waals surface area (Å²) in [6.07, 6.45) is -4.30. The van der Waals surface area contributed by atoms with Gasteiger partial charge >= 0.3 is 12.1 Å². The molecule has 0 saturated heterocycles. The third-order valence-corrected chi connectivity index (χ3v) is 2.86. The van der Waals surface area contributed by atoms with Crippen LogP contribution in [0.15, 0.2) is 0 Å². The molecule has 0 aromatic carbocycles. The molecular weight excluding hydrogens is 239 g/mol. The molecule has 7 heteroatoms.